The van der Waals surface area contributed by atoms with Crippen molar-refractivity contribution >= 4 is 17.3 Å². The van der Waals surface area contributed by atoms with Crippen LogP contribution in [0.25, 0.3) is 0 Å². The van der Waals surface area contributed by atoms with E-state index in [0.717, 1.165) is 34.5 Å². The molecule has 0 aliphatic rings. The van der Waals surface area contributed by atoms with Gasteiger partial charge in [-0.2, -0.15) is 0 Å². The molecule has 0 bridgehead atoms. The first-order valence-electron chi connectivity index (χ1n) is 10.5. The number of nitrogens with one attached hydrogen (secondary N) is 2. The Morgan fingerprint density at radius 2 is 1.65 bits per heavy atom. The van der Waals surface area contributed by atoms with Crippen molar-refractivity contribution in [2.45, 2.75) is 33.7 Å². The minimum absolute atomic E-state index is 0.0921. The highest BCUT2D eigenvalue weighted by Crippen LogP contribution is 2.28. The fourth-order valence-electron chi connectivity index (χ4n) is 3.20. The van der Waals surface area contributed by atoms with Crippen molar-refractivity contribution in [1.82, 2.24) is 0 Å². The summed E-state index contributed by atoms with van der Waals surface area (Å²) < 4.78 is 11.2. The summed E-state index contributed by atoms with van der Waals surface area (Å²) in [5, 5.41) is 6.31. The SMILES string of the molecule is CCc1ccc(NCc2ccc(OCC(=O)Nc3cc(C)ccc3C)c(OC)c2)cc1. The second-order valence-electron chi connectivity index (χ2n) is 7.54. The highest BCUT2D eigenvalue weighted by atomic mass is 16.5. The Labute approximate surface area is 184 Å². The third-order valence-electron chi connectivity index (χ3n) is 5.11. The van der Waals surface area contributed by atoms with Crippen molar-refractivity contribution in [1.29, 1.82) is 0 Å². The van der Waals surface area contributed by atoms with Crippen LogP contribution in [0.4, 0.5) is 11.4 Å². The number of ether oxygens (including phenoxy) is 2. The van der Waals surface area contributed by atoms with Crippen molar-refractivity contribution < 1.29 is 14.3 Å². The molecule has 3 rings (SSSR count). The van der Waals surface area contributed by atoms with E-state index in [1.165, 1.54) is 5.56 Å². The number of benzene rings is 3. The Morgan fingerprint density at radius 3 is 2.35 bits per heavy atom. The average Bonchev–Trinajstić information content (AvgIpc) is 2.79. The summed E-state index contributed by atoms with van der Waals surface area (Å²) in [6.45, 7) is 6.67. The predicted molar refractivity (Wildman–Crippen MR) is 126 cm³/mol. The number of hydrogen-bond donors (Lipinski definition) is 2. The standard InChI is InChI=1S/C26H30N2O3/c1-5-20-8-11-22(12-9-20)27-16-21-10-13-24(25(15-21)30-4)31-17-26(29)28-23-14-18(2)6-7-19(23)3/h6-15,27H,5,16-17H2,1-4H3,(H,28,29). The van der Waals surface area contributed by atoms with Crippen LogP contribution < -0.4 is 20.1 Å². The number of rotatable bonds is 9. The fourth-order valence-corrected chi connectivity index (χ4v) is 3.20. The summed E-state index contributed by atoms with van der Waals surface area (Å²) in [7, 11) is 1.60. The van der Waals surface area contributed by atoms with E-state index < -0.39 is 0 Å². The number of aryl methyl sites for hydroxylation is 3. The Bertz CT molecular complexity index is 1030. The van der Waals surface area contributed by atoms with Crippen LogP contribution in [-0.4, -0.2) is 19.6 Å². The molecule has 5 heteroatoms. The number of methoxy groups -OCH3 is 1. The summed E-state index contributed by atoms with van der Waals surface area (Å²) in [4.78, 5) is 12.3. The van der Waals surface area contributed by atoms with E-state index in [9.17, 15) is 4.79 Å². The zero-order valence-electron chi connectivity index (χ0n) is 18.6. The van der Waals surface area contributed by atoms with Gasteiger partial charge in [0.1, 0.15) is 0 Å². The molecule has 0 saturated carbocycles. The van der Waals surface area contributed by atoms with Gasteiger partial charge in [0, 0.05) is 17.9 Å². The lowest BCUT2D eigenvalue weighted by Crippen LogP contribution is -2.21. The fraction of sp³-hybridized carbons (Fsp3) is 0.269. The number of anilines is 2. The van der Waals surface area contributed by atoms with Crippen LogP contribution in [0.3, 0.4) is 0 Å². The summed E-state index contributed by atoms with van der Waals surface area (Å²) >= 11 is 0. The van der Waals surface area contributed by atoms with Gasteiger partial charge in [-0.1, -0.05) is 37.3 Å². The molecule has 162 valence electrons. The number of carbonyl (C=O) groups is 1. The number of amides is 1. The van der Waals surface area contributed by atoms with Gasteiger partial charge in [-0.25, -0.2) is 0 Å². The molecule has 5 nitrogen and oxygen atoms in total. The summed E-state index contributed by atoms with van der Waals surface area (Å²) in [5.74, 6) is 0.923. The molecule has 2 N–H and O–H groups in total. The maximum Gasteiger partial charge on any atom is 0.262 e. The normalized spacial score (nSPS) is 10.5. The molecule has 31 heavy (non-hydrogen) atoms. The molecule has 0 aliphatic heterocycles. The van der Waals surface area contributed by atoms with E-state index in [-0.39, 0.29) is 12.5 Å². The zero-order chi connectivity index (χ0) is 22.2. The molecule has 0 saturated heterocycles. The maximum absolute atomic E-state index is 12.3. The minimum Gasteiger partial charge on any atom is -0.493 e. The third kappa shape index (κ3) is 6.25. The Hall–Kier alpha value is -3.47. The molecule has 0 aromatic heterocycles. The first-order chi connectivity index (χ1) is 15.0. The quantitative estimate of drug-likeness (QED) is 0.481. The zero-order valence-corrected chi connectivity index (χ0v) is 18.6. The van der Waals surface area contributed by atoms with E-state index in [1.807, 2.05) is 50.2 Å². The van der Waals surface area contributed by atoms with E-state index in [1.54, 1.807) is 7.11 Å². The van der Waals surface area contributed by atoms with Crippen LogP contribution in [0.5, 0.6) is 11.5 Å². The van der Waals surface area contributed by atoms with Crippen molar-refractivity contribution in [3.05, 3.63) is 82.9 Å². The van der Waals surface area contributed by atoms with Crippen LogP contribution in [0.1, 0.15) is 29.2 Å². The van der Waals surface area contributed by atoms with E-state index in [0.29, 0.717) is 18.0 Å². The average molecular weight is 419 g/mol. The molecule has 3 aromatic rings. The van der Waals surface area contributed by atoms with Crippen LogP contribution in [0.2, 0.25) is 0 Å². The van der Waals surface area contributed by atoms with E-state index in [2.05, 4.69) is 41.8 Å². The Kier molecular flexibility index (Phi) is 7.55. The van der Waals surface area contributed by atoms with E-state index >= 15 is 0 Å². The van der Waals surface area contributed by atoms with Crippen LogP contribution in [0, 0.1) is 13.8 Å². The number of carbonyl (C=O) groups excluding carboxylic acids is 1. The van der Waals surface area contributed by atoms with Gasteiger partial charge in [-0.05, 0) is 72.9 Å². The first-order valence-corrected chi connectivity index (χ1v) is 10.5. The van der Waals surface area contributed by atoms with Gasteiger partial charge in [-0.15, -0.1) is 0 Å². The van der Waals surface area contributed by atoms with Gasteiger partial charge in [-0.3, -0.25) is 4.79 Å². The second-order valence-corrected chi connectivity index (χ2v) is 7.54. The third-order valence-corrected chi connectivity index (χ3v) is 5.11. The molecule has 0 aliphatic carbocycles. The van der Waals surface area contributed by atoms with Gasteiger partial charge in [0.15, 0.2) is 18.1 Å². The molecule has 0 fully saturated rings. The van der Waals surface area contributed by atoms with Crippen LogP contribution >= 0.6 is 0 Å². The van der Waals surface area contributed by atoms with Crippen LogP contribution in [0.15, 0.2) is 60.7 Å². The molecular formula is C26H30N2O3. The monoisotopic (exact) mass is 418 g/mol. The largest absolute Gasteiger partial charge is 0.493 e. The van der Waals surface area contributed by atoms with Crippen molar-refractivity contribution in [2.24, 2.45) is 0 Å². The minimum atomic E-state index is -0.211. The highest BCUT2D eigenvalue weighted by molar-refractivity contribution is 5.92. The van der Waals surface area contributed by atoms with Gasteiger partial charge < -0.3 is 20.1 Å². The van der Waals surface area contributed by atoms with Gasteiger partial charge in [0.2, 0.25) is 0 Å². The first kappa shape index (κ1) is 22.2. The second kappa shape index (κ2) is 10.5. The maximum atomic E-state index is 12.3. The van der Waals surface area contributed by atoms with Crippen molar-refractivity contribution in [3.8, 4) is 11.5 Å². The molecule has 0 radical (unpaired) electrons. The van der Waals surface area contributed by atoms with Gasteiger partial charge in [0.05, 0.1) is 7.11 Å². The summed E-state index contributed by atoms with van der Waals surface area (Å²) in [6.07, 6.45) is 1.03. The topological polar surface area (TPSA) is 59.6 Å². The lowest BCUT2D eigenvalue weighted by Gasteiger charge is -2.14. The van der Waals surface area contributed by atoms with E-state index in [4.69, 9.17) is 9.47 Å². The molecule has 0 spiro atoms. The molecule has 0 unspecified atom stereocenters. The van der Waals surface area contributed by atoms with Crippen molar-refractivity contribution in [2.75, 3.05) is 24.4 Å². The Morgan fingerprint density at radius 1 is 0.903 bits per heavy atom. The number of hydrogen-bond acceptors (Lipinski definition) is 4. The highest BCUT2D eigenvalue weighted by Gasteiger charge is 2.10. The predicted octanol–water partition coefficient (Wildman–Crippen LogP) is 5.50. The lowest BCUT2D eigenvalue weighted by atomic mass is 10.1. The summed E-state index contributed by atoms with van der Waals surface area (Å²) in [5.41, 5.74) is 6.35. The lowest BCUT2D eigenvalue weighted by molar-refractivity contribution is -0.118. The Balaban J connectivity index is 1.57. The van der Waals surface area contributed by atoms with Crippen molar-refractivity contribution in [3.63, 3.8) is 0 Å². The smallest absolute Gasteiger partial charge is 0.262 e. The van der Waals surface area contributed by atoms with Gasteiger partial charge in [0.25, 0.3) is 5.91 Å². The molecule has 3 aromatic carbocycles. The molecule has 0 heterocycles. The molecule has 0 atom stereocenters. The van der Waals surface area contributed by atoms with Crippen LogP contribution in [-0.2, 0) is 17.8 Å². The van der Waals surface area contributed by atoms with Gasteiger partial charge >= 0.3 is 0 Å². The molecular weight excluding hydrogens is 388 g/mol. The summed E-state index contributed by atoms with van der Waals surface area (Å²) in [6, 6.07) is 20.1. The molecule has 1 amide bonds.